The summed E-state index contributed by atoms with van der Waals surface area (Å²) in [7, 11) is 1.64. The second-order valence-corrected chi connectivity index (χ2v) is 7.57. The van der Waals surface area contributed by atoms with E-state index in [1.165, 1.54) is 18.5 Å². The summed E-state index contributed by atoms with van der Waals surface area (Å²) in [5.74, 6) is 1.62. The fourth-order valence-corrected chi connectivity index (χ4v) is 4.21. The van der Waals surface area contributed by atoms with Crippen molar-refractivity contribution in [1.29, 1.82) is 0 Å². The van der Waals surface area contributed by atoms with Crippen LogP contribution in [0.1, 0.15) is 28.9 Å². The number of imidazole rings is 1. The number of amides is 1. The van der Waals surface area contributed by atoms with Crippen LogP contribution >= 0.6 is 0 Å². The van der Waals surface area contributed by atoms with Gasteiger partial charge in [-0.2, -0.15) is 0 Å². The first-order chi connectivity index (χ1) is 14.7. The number of nitrogens with one attached hydrogen (secondary N) is 1. The number of aryl methyl sites for hydroxylation is 1. The van der Waals surface area contributed by atoms with Crippen molar-refractivity contribution in [2.45, 2.75) is 25.8 Å². The van der Waals surface area contributed by atoms with Crippen LogP contribution in [-0.2, 0) is 13.0 Å². The van der Waals surface area contributed by atoms with Gasteiger partial charge in [-0.1, -0.05) is 24.3 Å². The Bertz CT molecular complexity index is 1230. The Labute approximate surface area is 175 Å². The molecule has 3 aromatic carbocycles. The van der Waals surface area contributed by atoms with Crippen molar-refractivity contribution in [3.05, 3.63) is 78.1 Å². The maximum absolute atomic E-state index is 13.0. The molecule has 1 aromatic heterocycles. The first kappa shape index (κ1) is 18.4. The molecular weight excluding hydrogens is 374 g/mol. The summed E-state index contributed by atoms with van der Waals surface area (Å²) in [6.45, 7) is 1.02. The van der Waals surface area contributed by atoms with Gasteiger partial charge < -0.3 is 14.6 Å². The minimum Gasteiger partial charge on any atom is -0.496 e. The van der Waals surface area contributed by atoms with Crippen LogP contribution in [0.4, 0.5) is 5.69 Å². The molecule has 0 atom stereocenters. The lowest BCUT2D eigenvalue weighted by molar-refractivity contribution is 0.102. The summed E-state index contributed by atoms with van der Waals surface area (Å²) in [5, 5.41) is 4.81. The Morgan fingerprint density at radius 1 is 1.00 bits per heavy atom. The monoisotopic (exact) mass is 397 g/mol. The maximum Gasteiger partial charge on any atom is 0.256 e. The number of methoxy groups -OCH3 is 1. The lowest BCUT2D eigenvalue weighted by Crippen LogP contribution is -2.12. The van der Waals surface area contributed by atoms with Crippen molar-refractivity contribution in [2.24, 2.45) is 0 Å². The van der Waals surface area contributed by atoms with E-state index in [4.69, 9.17) is 4.74 Å². The fraction of sp³-hybridized carbons (Fsp3) is 0.200. The number of nitrogens with zero attached hydrogens (tertiary/aromatic N) is 2. The van der Waals surface area contributed by atoms with Crippen molar-refractivity contribution in [3.63, 3.8) is 0 Å². The molecule has 2 heterocycles. The molecule has 0 bridgehead atoms. The number of anilines is 1. The van der Waals surface area contributed by atoms with Gasteiger partial charge in [-0.15, -0.1) is 0 Å². The van der Waals surface area contributed by atoms with Gasteiger partial charge in [0.25, 0.3) is 5.91 Å². The molecule has 0 aliphatic carbocycles. The number of carbonyl (C=O) groups is 1. The third-order valence-electron chi connectivity index (χ3n) is 5.75. The minimum absolute atomic E-state index is 0.139. The first-order valence-corrected chi connectivity index (χ1v) is 10.3. The SMILES string of the molecule is COc1ccc(C(=O)Nc2ccc(-c3ncc4n3CCCC4)cc2)c2ccccc12. The lowest BCUT2D eigenvalue weighted by atomic mass is 10.0. The van der Waals surface area contributed by atoms with E-state index in [2.05, 4.69) is 14.9 Å². The molecule has 5 rings (SSSR count). The topological polar surface area (TPSA) is 56.1 Å². The van der Waals surface area contributed by atoms with Crippen molar-refractivity contribution < 1.29 is 9.53 Å². The number of carbonyl (C=O) groups excluding carboxylic acids is 1. The van der Waals surface area contributed by atoms with Gasteiger partial charge >= 0.3 is 0 Å². The summed E-state index contributed by atoms with van der Waals surface area (Å²) in [5.41, 5.74) is 3.75. The molecule has 0 unspecified atom stereocenters. The van der Waals surface area contributed by atoms with Crippen molar-refractivity contribution in [3.8, 4) is 17.1 Å². The minimum atomic E-state index is -0.139. The van der Waals surface area contributed by atoms with Crippen LogP contribution in [0.25, 0.3) is 22.2 Å². The number of rotatable bonds is 4. The molecule has 0 radical (unpaired) electrons. The van der Waals surface area contributed by atoms with Crippen molar-refractivity contribution in [2.75, 3.05) is 12.4 Å². The zero-order valence-corrected chi connectivity index (χ0v) is 16.9. The Balaban J connectivity index is 1.40. The molecule has 5 nitrogen and oxygen atoms in total. The van der Waals surface area contributed by atoms with E-state index < -0.39 is 0 Å². The van der Waals surface area contributed by atoms with Gasteiger partial charge in [0.15, 0.2) is 0 Å². The van der Waals surface area contributed by atoms with Crippen LogP contribution in [0.2, 0.25) is 0 Å². The van der Waals surface area contributed by atoms with Gasteiger partial charge in [0.2, 0.25) is 0 Å². The van der Waals surface area contributed by atoms with E-state index in [1.807, 2.05) is 66.9 Å². The normalized spacial score (nSPS) is 13.1. The summed E-state index contributed by atoms with van der Waals surface area (Å²) in [6.07, 6.45) is 5.51. The molecule has 0 spiro atoms. The number of hydrogen-bond donors (Lipinski definition) is 1. The quantitative estimate of drug-likeness (QED) is 0.508. The number of aromatic nitrogens is 2. The molecule has 30 heavy (non-hydrogen) atoms. The van der Waals surface area contributed by atoms with E-state index in [-0.39, 0.29) is 5.91 Å². The predicted octanol–water partition coefficient (Wildman–Crippen LogP) is 5.30. The van der Waals surface area contributed by atoms with Gasteiger partial charge in [0, 0.05) is 40.6 Å². The Kier molecular flexibility index (Phi) is 4.71. The highest BCUT2D eigenvalue weighted by atomic mass is 16.5. The van der Waals surface area contributed by atoms with E-state index in [0.29, 0.717) is 5.56 Å². The lowest BCUT2D eigenvalue weighted by Gasteiger charge is -2.16. The number of benzene rings is 3. The van der Waals surface area contributed by atoms with Crippen LogP contribution in [0, 0.1) is 0 Å². The molecule has 5 heteroatoms. The second kappa shape index (κ2) is 7.67. The van der Waals surface area contributed by atoms with Crippen LogP contribution < -0.4 is 10.1 Å². The highest BCUT2D eigenvalue weighted by Gasteiger charge is 2.16. The van der Waals surface area contributed by atoms with E-state index >= 15 is 0 Å². The number of ether oxygens (including phenoxy) is 1. The molecule has 1 N–H and O–H groups in total. The third kappa shape index (κ3) is 3.22. The molecule has 0 saturated heterocycles. The van der Waals surface area contributed by atoms with Crippen LogP contribution in [0.5, 0.6) is 5.75 Å². The third-order valence-corrected chi connectivity index (χ3v) is 5.75. The van der Waals surface area contributed by atoms with Gasteiger partial charge in [-0.05, 0) is 61.0 Å². The molecule has 1 amide bonds. The Hall–Kier alpha value is -3.60. The molecule has 1 aliphatic heterocycles. The van der Waals surface area contributed by atoms with Crippen LogP contribution in [-0.4, -0.2) is 22.6 Å². The average Bonchev–Trinajstić information content (AvgIpc) is 3.23. The molecule has 150 valence electrons. The van der Waals surface area contributed by atoms with E-state index in [1.54, 1.807) is 7.11 Å². The Morgan fingerprint density at radius 2 is 1.80 bits per heavy atom. The van der Waals surface area contributed by atoms with E-state index in [0.717, 1.165) is 46.6 Å². The summed E-state index contributed by atoms with van der Waals surface area (Å²) in [6, 6.07) is 19.3. The van der Waals surface area contributed by atoms with Crippen molar-refractivity contribution >= 4 is 22.4 Å². The maximum atomic E-state index is 13.0. The smallest absolute Gasteiger partial charge is 0.256 e. The first-order valence-electron chi connectivity index (χ1n) is 10.3. The average molecular weight is 397 g/mol. The van der Waals surface area contributed by atoms with Gasteiger partial charge in [0.1, 0.15) is 11.6 Å². The van der Waals surface area contributed by atoms with Crippen molar-refractivity contribution in [1.82, 2.24) is 9.55 Å². The molecule has 0 fully saturated rings. The fourth-order valence-electron chi connectivity index (χ4n) is 4.21. The molecular formula is C25H23N3O2. The summed E-state index contributed by atoms with van der Waals surface area (Å²) in [4.78, 5) is 17.6. The number of fused-ring (bicyclic) bond motifs is 2. The highest BCUT2D eigenvalue weighted by molar-refractivity contribution is 6.14. The largest absolute Gasteiger partial charge is 0.496 e. The summed E-state index contributed by atoms with van der Waals surface area (Å²) < 4.78 is 7.74. The van der Waals surface area contributed by atoms with Gasteiger partial charge in [-0.3, -0.25) is 4.79 Å². The zero-order valence-electron chi connectivity index (χ0n) is 16.9. The van der Waals surface area contributed by atoms with Crippen LogP contribution in [0.3, 0.4) is 0 Å². The highest BCUT2D eigenvalue weighted by Crippen LogP contribution is 2.29. The number of hydrogen-bond acceptors (Lipinski definition) is 3. The molecule has 0 saturated carbocycles. The molecule has 1 aliphatic rings. The van der Waals surface area contributed by atoms with Gasteiger partial charge in [0.05, 0.1) is 7.11 Å². The van der Waals surface area contributed by atoms with Gasteiger partial charge in [-0.25, -0.2) is 4.98 Å². The Morgan fingerprint density at radius 3 is 2.60 bits per heavy atom. The second-order valence-electron chi connectivity index (χ2n) is 7.57. The summed E-state index contributed by atoms with van der Waals surface area (Å²) >= 11 is 0. The van der Waals surface area contributed by atoms with E-state index in [9.17, 15) is 4.79 Å². The molecule has 4 aromatic rings. The zero-order chi connectivity index (χ0) is 20.5. The standard InChI is InChI=1S/C25H23N3O2/c1-30-23-14-13-22(20-7-2-3-8-21(20)23)25(29)27-18-11-9-17(10-12-18)24-26-16-19-6-4-5-15-28(19)24/h2-3,7-14,16H,4-6,15H2,1H3,(H,27,29). The van der Waals surface area contributed by atoms with Crippen LogP contribution in [0.15, 0.2) is 66.9 Å². The predicted molar refractivity (Wildman–Crippen MR) is 119 cm³/mol.